The minimum atomic E-state index is -0.342. The first kappa shape index (κ1) is 11.8. The molecule has 0 aliphatic heterocycles. The van der Waals surface area contributed by atoms with Crippen molar-refractivity contribution in [2.75, 3.05) is 5.32 Å². The summed E-state index contributed by atoms with van der Waals surface area (Å²) in [6, 6.07) is 0.0107. The Morgan fingerprint density at radius 1 is 1.50 bits per heavy atom. The highest BCUT2D eigenvalue weighted by Gasteiger charge is 2.23. The third kappa shape index (κ3) is 2.54. The second-order valence-electron chi connectivity index (χ2n) is 4.00. The van der Waals surface area contributed by atoms with Crippen molar-refractivity contribution in [1.29, 1.82) is 0 Å². The number of hydrogen-bond donors (Lipinski definition) is 3. The Morgan fingerprint density at radius 2 is 2.25 bits per heavy atom. The van der Waals surface area contributed by atoms with Crippen LogP contribution in [0.4, 0.5) is 5.82 Å². The lowest BCUT2D eigenvalue weighted by Crippen LogP contribution is -2.37. The Balaban J connectivity index is 2.14. The Bertz CT molecular complexity index is 421. The number of aliphatic hydroxyl groups is 1. The highest BCUT2D eigenvalue weighted by Crippen LogP contribution is 2.22. The SMILES string of the molecule is O=c1[nH]cnc(NC2CCCCC2O)c1I. The van der Waals surface area contributed by atoms with Gasteiger partial charge in [0.05, 0.1) is 18.5 Å². The third-order valence-electron chi connectivity index (χ3n) is 2.85. The van der Waals surface area contributed by atoms with Crippen LogP contribution in [0.15, 0.2) is 11.1 Å². The van der Waals surface area contributed by atoms with Crippen LogP contribution in [-0.4, -0.2) is 27.2 Å². The topological polar surface area (TPSA) is 78.0 Å². The van der Waals surface area contributed by atoms with Crippen LogP contribution in [0, 0.1) is 3.57 Å². The van der Waals surface area contributed by atoms with Crippen molar-refractivity contribution >= 4 is 28.4 Å². The maximum atomic E-state index is 11.4. The van der Waals surface area contributed by atoms with Crippen LogP contribution in [0.5, 0.6) is 0 Å². The maximum absolute atomic E-state index is 11.4. The predicted molar refractivity (Wildman–Crippen MR) is 69.5 cm³/mol. The van der Waals surface area contributed by atoms with Crippen molar-refractivity contribution < 1.29 is 5.11 Å². The zero-order chi connectivity index (χ0) is 11.5. The van der Waals surface area contributed by atoms with Crippen LogP contribution in [0.3, 0.4) is 0 Å². The zero-order valence-corrected chi connectivity index (χ0v) is 10.9. The van der Waals surface area contributed by atoms with Crippen LogP contribution in [0.25, 0.3) is 0 Å². The molecule has 0 radical (unpaired) electrons. The second-order valence-corrected chi connectivity index (χ2v) is 5.08. The lowest BCUT2D eigenvalue weighted by molar-refractivity contribution is 0.116. The molecule has 0 spiro atoms. The number of aliphatic hydroxyl groups excluding tert-OH is 1. The molecule has 1 saturated carbocycles. The zero-order valence-electron chi connectivity index (χ0n) is 8.74. The number of H-pyrrole nitrogens is 1. The van der Waals surface area contributed by atoms with Gasteiger partial charge in [0.25, 0.3) is 5.56 Å². The molecule has 1 aliphatic rings. The molecule has 1 fully saturated rings. The summed E-state index contributed by atoms with van der Waals surface area (Å²) in [6.07, 6.45) is 4.95. The van der Waals surface area contributed by atoms with E-state index in [1.807, 2.05) is 22.6 Å². The monoisotopic (exact) mass is 335 g/mol. The van der Waals surface area contributed by atoms with E-state index in [-0.39, 0.29) is 17.7 Å². The van der Waals surface area contributed by atoms with Crippen molar-refractivity contribution in [2.24, 2.45) is 0 Å². The lowest BCUT2D eigenvalue weighted by Gasteiger charge is -2.28. The molecule has 0 aromatic carbocycles. The first-order chi connectivity index (χ1) is 7.68. The van der Waals surface area contributed by atoms with E-state index < -0.39 is 0 Å². The largest absolute Gasteiger partial charge is 0.391 e. The Morgan fingerprint density at radius 3 is 3.00 bits per heavy atom. The van der Waals surface area contributed by atoms with Gasteiger partial charge in [0.1, 0.15) is 9.39 Å². The fraction of sp³-hybridized carbons (Fsp3) is 0.600. The number of hydrogen-bond acceptors (Lipinski definition) is 4. The quantitative estimate of drug-likeness (QED) is 0.707. The van der Waals surface area contributed by atoms with Gasteiger partial charge in [0.15, 0.2) is 0 Å². The van der Waals surface area contributed by atoms with Crippen LogP contribution < -0.4 is 10.9 Å². The molecule has 2 unspecified atom stereocenters. The summed E-state index contributed by atoms with van der Waals surface area (Å²) in [5, 5.41) is 13.0. The van der Waals surface area contributed by atoms with E-state index in [0.717, 1.165) is 25.7 Å². The number of aromatic amines is 1. The average Bonchev–Trinajstić information content (AvgIpc) is 2.28. The van der Waals surface area contributed by atoms with E-state index in [2.05, 4.69) is 15.3 Å². The van der Waals surface area contributed by atoms with E-state index in [0.29, 0.717) is 9.39 Å². The first-order valence-electron chi connectivity index (χ1n) is 5.36. The lowest BCUT2D eigenvalue weighted by atomic mass is 9.93. The van der Waals surface area contributed by atoms with Gasteiger partial charge in [-0.15, -0.1) is 0 Å². The summed E-state index contributed by atoms with van der Waals surface area (Å²) < 4.78 is 0.540. The Hall–Kier alpha value is -0.630. The molecular formula is C10H14IN3O2. The maximum Gasteiger partial charge on any atom is 0.266 e. The van der Waals surface area contributed by atoms with Crippen LogP contribution >= 0.6 is 22.6 Å². The molecule has 1 aromatic rings. The Kier molecular flexibility index (Phi) is 3.80. The third-order valence-corrected chi connectivity index (χ3v) is 3.85. The fourth-order valence-electron chi connectivity index (χ4n) is 1.94. The number of rotatable bonds is 2. The summed E-state index contributed by atoms with van der Waals surface area (Å²) in [6.45, 7) is 0. The number of aromatic nitrogens is 2. The standard InChI is InChI=1S/C10H14IN3O2/c11-8-9(12-5-13-10(8)16)14-6-3-1-2-4-7(6)15/h5-7,15H,1-4H2,(H2,12,13,14,16). The number of halogens is 1. The number of anilines is 1. The molecule has 16 heavy (non-hydrogen) atoms. The van der Waals surface area contributed by atoms with Gasteiger partial charge in [-0.3, -0.25) is 4.79 Å². The van der Waals surface area contributed by atoms with Crippen molar-refractivity contribution in [2.45, 2.75) is 37.8 Å². The Labute approximate surface area is 107 Å². The van der Waals surface area contributed by atoms with E-state index in [4.69, 9.17) is 0 Å². The fourth-order valence-corrected chi connectivity index (χ4v) is 2.39. The summed E-state index contributed by atoms with van der Waals surface area (Å²) in [7, 11) is 0. The van der Waals surface area contributed by atoms with Gasteiger partial charge in [-0.1, -0.05) is 12.8 Å². The van der Waals surface area contributed by atoms with Gasteiger partial charge in [-0.05, 0) is 35.4 Å². The van der Waals surface area contributed by atoms with Gasteiger partial charge >= 0.3 is 0 Å². The minimum absolute atomic E-state index is 0.0107. The van der Waals surface area contributed by atoms with E-state index >= 15 is 0 Å². The molecule has 0 saturated heterocycles. The molecule has 2 atom stereocenters. The molecule has 3 N–H and O–H groups in total. The van der Waals surface area contributed by atoms with Gasteiger partial charge in [-0.2, -0.15) is 0 Å². The molecule has 5 nitrogen and oxygen atoms in total. The van der Waals surface area contributed by atoms with Crippen molar-refractivity contribution in [1.82, 2.24) is 9.97 Å². The van der Waals surface area contributed by atoms with Crippen molar-refractivity contribution in [3.05, 3.63) is 20.3 Å². The van der Waals surface area contributed by atoms with Gasteiger partial charge in [-0.25, -0.2) is 4.98 Å². The van der Waals surface area contributed by atoms with Crippen molar-refractivity contribution in [3.63, 3.8) is 0 Å². The van der Waals surface area contributed by atoms with Gasteiger partial charge in [0, 0.05) is 0 Å². The van der Waals surface area contributed by atoms with Gasteiger partial charge in [0.2, 0.25) is 0 Å². The van der Waals surface area contributed by atoms with E-state index in [1.54, 1.807) is 0 Å². The van der Waals surface area contributed by atoms with E-state index in [9.17, 15) is 9.90 Å². The molecule has 6 heteroatoms. The smallest absolute Gasteiger partial charge is 0.266 e. The summed E-state index contributed by atoms with van der Waals surface area (Å²) in [4.78, 5) is 18.0. The van der Waals surface area contributed by atoms with Crippen LogP contribution in [0.1, 0.15) is 25.7 Å². The summed E-state index contributed by atoms with van der Waals surface area (Å²) >= 11 is 1.96. The molecule has 2 rings (SSSR count). The normalized spacial score (nSPS) is 25.4. The summed E-state index contributed by atoms with van der Waals surface area (Å²) in [5.74, 6) is 0.565. The summed E-state index contributed by atoms with van der Waals surface area (Å²) in [5.41, 5.74) is -0.150. The van der Waals surface area contributed by atoms with Crippen LogP contribution in [0.2, 0.25) is 0 Å². The molecule has 88 valence electrons. The van der Waals surface area contributed by atoms with Crippen LogP contribution in [-0.2, 0) is 0 Å². The molecule has 1 heterocycles. The molecule has 1 aliphatic carbocycles. The highest BCUT2D eigenvalue weighted by molar-refractivity contribution is 14.1. The molecular weight excluding hydrogens is 321 g/mol. The molecule has 0 amide bonds. The minimum Gasteiger partial charge on any atom is -0.391 e. The van der Waals surface area contributed by atoms with E-state index in [1.165, 1.54) is 6.33 Å². The molecule has 1 aromatic heterocycles. The highest BCUT2D eigenvalue weighted by atomic mass is 127. The number of nitrogens with zero attached hydrogens (tertiary/aromatic N) is 1. The number of nitrogens with one attached hydrogen (secondary N) is 2. The first-order valence-corrected chi connectivity index (χ1v) is 6.44. The second kappa shape index (κ2) is 5.13. The van der Waals surface area contributed by atoms with Gasteiger partial charge < -0.3 is 15.4 Å². The predicted octanol–water partition coefficient (Wildman–Crippen LogP) is 1.09. The average molecular weight is 335 g/mol. The molecule has 0 bridgehead atoms. The van der Waals surface area contributed by atoms with Crippen molar-refractivity contribution in [3.8, 4) is 0 Å².